The number of carbonyl (C=O) groups excluding carboxylic acids is 1. The minimum atomic E-state index is -0.310. The molecule has 7 nitrogen and oxygen atoms in total. The Kier molecular flexibility index (Phi) is 4.45. The van der Waals surface area contributed by atoms with Gasteiger partial charge in [-0.2, -0.15) is 10.4 Å². The van der Waals surface area contributed by atoms with Gasteiger partial charge in [-0.05, 0) is 48.5 Å². The van der Waals surface area contributed by atoms with E-state index in [1.54, 1.807) is 48.9 Å². The van der Waals surface area contributed by atoms with Gasteiger partial charge in [0.05, 0.1) is 30.7 Å². The highest BCUT2D eigenvalue weighted by Crippen LogP contribution is 2.33. The van der Waals surface area contributed by atoms with Crippen molar-refractivity contribution < 1.29 is 13.6 Å². The third-order valence-corrected chi connectivity index (χ3v) is 4.30. The quantitative estimate of drug-likeness (QED) is 0.751. The number of furan rings is 2. The number of anilines is 1. The number of nitriles is 1. The maximum absolute atomic E-state index is 12.8. The van der Waals surface area contributed by atoms with E-state index in [4.69, 9.17) is 14.1 Å². The molecular weight excluding hydrogens is 344 g/mol. The number of benzene rings is 1. The van der Waals surface area contributed by atoms with Gasteiger partial charge in [0, 0.05) is 12.1 Å². The molecule has 1 N–H and O–H groups in total. The van der Waals surface area contributed by atoms with Gasteiger partial charge in [0.15, 0.2) is 0 Å². The second-order valence-corrected chi connectivity index (χ2v) is 6.04. The fourth-order valence-electron chi connectivity index (χ4n) is 2.96. The smallest absolute Gasteiger partial charge is 0.262 e. The molecule has 0 fully saturated rings. The SMILES string of the molecule is N#Cc1ccc(NCC(=O)N2N=C(c3ccco3)CC2c2ccco2)cc1. The number of hydrazone groups is 1. The van der Waals surface area contributed by atoms with Gasteiger partial charge in [0.25, 0.3) is 5.91 Å². The van der Waals surface area contributed by atoms with Gasteiger partial charge < -0.3 is 14.2 Å². The monoisotopic (exact) mass is 360 g/mol. The lowest BCUT2D eigenvalue weighted by molar-refractivity contribution is -0.131. The molecule has 3 heterocycles. The van der Waals surface area contributed by atoms with Crippen LogP contribution in [0.2, 0.25) is 0 Å². The van der Waals surface area contributed by atoms with Crippen LogP contribution in [0.4, 0.5) is 5.69 Å². The van der Waals surface area contributed by atoms with Crippen LogP contribution in [0, 0.1) is 11.3 Å². The van der Waals surface area contributed by atoms with Crippen molar-refractivity contribution in [1.29, 1.82) is 5.26 Å². The lowest BCUT2D eigenvalue weighted by atomic mass is 10.1. The maximum Gasteiger partial charge on any atom is 0.262 e. The zero-order chi connectivity index (χ0) is 18.6. The first-order valence-electron chi connectivity index (χ1n) is 8.45. The van der Waals surface area contributed by atoms with Crippen molar-refractivity contribution in [3.8, 4) is 6.07 Å². The summed E-state index contributed by atoms with van der Waals surface area (Å²) in [6, 6.07) is 15.9. The molecule has 2 aromatic heterocycles. The number of carbonyl (C=O) groups is 1. The Hall–Kier alpha value is -3.79. The molecule has 0 radical (unpaired) electrons. The van der Waals surface area contributed by atoms with Crippen LogP contribution in [0.3, 0.4) is 0 Å². The van der Waals surface area contributed by atoms with Crippen LogP contribution in [0.1, 0.15) is 29.5 Å². The van der Waals surface area contributed by atoms with Gasteiger partial charge in [0.2, 0.25) is 0 Å². The van der Waals surface area contributed by atoms with E-state index in [0.29, 0.717) is 29.2 Å². The number of rotatable bonds is 5. The first kappa shape index (κ1) is 16.7. The Balaban J connectivity index is 1.50. The molecule has 4 rings (SSSR count). The molecule has 0 bridgehead atoms. The Morgan fingerprint density at radius 3 is 2.63 bits per heavy atom. The van der Waals surface area contributed by atoms with Crippen LogP contribution in [0.15, 0.2) is 75.0 Å². The van der Waals surface area contributed by atoms with Crippen LogP contribution in [0.5, 0.6) is 0 Å². The Morgan fingerprint density at radius 1 is 1.19 bits per heavy atom. The van der Waals surface area contributed by atoms with Crippen LogP contribution < -0.4 is 5.32 Å². The van der Waals surface area contributed by atoms with E-state index in [1.807, 2.05) is 12.1 Å². The summed E-state index contributed by atoms with van der Waals surface area (Å²) < 4.78 is 10.9. The molecule has 1 aliphatic heterocycles. The summed E-state index contributed by atoms with van der Waals surface area (Å²) in [6.45, 7) is 0.0675. The second kappa shape index (κ2) is 7.22. The molecular formula is C20H16N4O3. The predicted molar refractivity (Wildman–Crippen MR) is 97.8 cm³/mol. The number of amides is 1. The standard InChI is InChI=1S/C20H16N4O3/c21-12-14-5-7-15(8-6-14)22-13-20(25)24-17(19-4-2-10-27-19)11-16(23-24)18-3-1-9-26-18/h1-10,17,22H,11,13H2. The Morgan fingerprint density at radius 2 is 1.96 bits per heavy atom. The first-order valence-corrected chi connectivity index (χ1v) is 8.45. The minimum absolute atomic E-state index is 0.0675. The van der Waals surface area contributed by atoms with Gasteiger partial charge in [-0.15, -0.1) is 0 Å². The summed E-state index contributed by atoms with van der Waals surface area (Å²) in [4.78, 5) is 12.8. The lowest BCUT2D eigenvalue weighted by Crippen LogP contribution is -2.32. The molecule has 0 saturated carbocycles. The second-order valence-electron chi connectivity index (χ2n) is 6.04. The summed E-state index contributed by atoms with van der Waals surface area (Å²) in [7, 11) is 0. The highest BCUT2D eigenvalue weighted by molar-refractivity contribution is 6.01. The van der Waals surface area contributed by atoms with E-state index >= 15 is 0 Å². The normalized spacial score (nSPS) is 16.0. The molecule has 1 aliphatic rings. The fraction of sp³-hybridized carbons (Fsp3) is 0.150. The molecule has 1 aromatic carbocycles. The van der Waals surface area contributed by atoms with E-state index in [1.165, 1.54) is 5.01 Å². The van der Waals surface area contributed by atoms with Gasteiger partial charge in [-0.1, -0.05) is 0 Å². The zero-order valence-electron chi connectivity index (χ0n) is 14.3. The van der Waals surface area contributed by atoms with Crippen molar-refractivity contribution in [2.45, 2.75) is 12.5 Å². The van der Waals surface area contributed by atoms with Crippen molar-refractivity contribution in [1.82, 2.24) is 5.01 Å². The Bertz CT molecular complexity index is 983. The third kappa shape index (κ3) is 3.46. The summed E-state index contributed by atoms with van der Waals surface area (Å²) in [5.41, 5.74) is 2.02. The molecule has 3 aromatic rings. The molecule has 1 atom stereocenters. The maximum atomic E-state index is 12.8. The molecule has 1 unspecified atom stereocenters. The average Bonchev–Trinajstić information content (AvgIpc) is 3.46. The number of hydrogen-bond acceptors (Lipinski definition) is 6. The molecule has 0 saturated heterocycles. The van der Waals surface area contributed by atoms with E-state index in [0.717, 1.165) is 5.69 Å². The molecule has 7 heteroatoms. The topological polar surface area (TPSA) is 94.8 Å². The molecule has 134 valence electrons. The summed E-state index contributed by atoms with van der Waals surface area (Å²) >= 11 is 0. The van der Waals surface area contributed by atoms with Crippen LogP contribution in [-0.2, 0) is 4.79 Å². The van der Waals surface area contributed by atoms with Crippen LogP contribution >= 0.6 is 0 Å². The van der Waals surface area contributed by atoms with Crippen LogP contribution in [0.25, 0.3) is 0 Å². The average molecular weight is 360 g/mol. The Labute approximate surface area is 155 Å². The predicted octanol–water partition coefficient (Wildman–Crippen LogP) is 3.53. The fourth-order valence-corrected chi connectivity index (χ4v) is 2.96. The van der Waals surface area contributed by atoms with Gasteiger partial charge >= 0.3 is 0 Å². The summed E-state index contributed by atoms with van der Waals surface area (Å²) in [5, 5.41) is 17.8. The molecule has 0 spiro atoms. The van der Waals surface area contributed by atoms with Crippen molar-refractivity contribution >= 4 is 17.3 Å². The number of nitrogens with zero attached hydrogens (tertiary/aromatic N) is 3. The first-order chi connectivity index (χ1) is 13.2. The van der Waals surface area contributed by atoms with Crippen LogP contribution in [-0.4, -0.2) is 23.2 Å². The van der Waals surface area contributed by atoms with E-state index < -0.39 is 0 Å². The highest BCUT2D eigenvalue weighted by Gasteiger charge is 2.35. The minimum Gasteiger partial charge on any atom is -0.467 e. The molecule has 0 aliphatic carbocycles. The third-order valence-electron chi connectivity index (χ3n) is 4.30. The van der Waals surface area contributed by atoms with Gasteiger partial charge in [0.1, 0.15) is 23.3 Å². The summed E-state index contributed by atoms with van der Waals surface area (Å²) in [6.07, 6.45) is 3.68. The molecule has 27 heavy (non-hydrogen) atoms. The van der Waals surface area contributed by atoms with Crippen molar-refractivity contribution in [3.63, 3.8) is 0 Å². The lowest BCUT2D eigenvalue weighted by Gasteiger charge is -2.20. The van der Waals surface area contributed by atoms with Gasteiger partial charge in [-0.3, -0.25) is 4.79 Å². The van der Waals surface area contributed by atoms with E-state index in [2.05, 4.69) is 16.5 Å². The van der Waals surface area contributed by atoms with E-state index in [-0.39, 0.29) is 18.5 Å². The van der Waals surface area contributed by atoms with Crippen molar-refractivity contribution in [2.24, 2.45) is 5.10 Å². The van der Waals surface area contributed by atoms with Crippen molar-refractivity contribution in [3.05, 3.63) is 78.1 Å². The molecule has 1 amide bonds. The zero-order valence-corrected chi connectivity index (χ0v) is 14.3. The highest BCUT2D eigenvalue weighted by atomic mass is 16.3. The summed E-state index contributed by atoms with van der Waals surface area (Å²) in [5.74, 6) is 1.12. The number of nitrogens with one attached hydrogen (secondary N) is 1. The van der Waals surface area contributed by atoms with Crippen molar-refractivity contribution in [2.75, 3.05) is 11.9 Å². The van der Waals surface area contributed by atoms with E-state index in [9.17, 15) is 4.79 Å². The largest absolute Gasteiger partial charge is 0.467 e. The van der Waals surface area contributed by atoms with Gasteiger partial charge in [-0.25, -0.2) is 5.01 Å². The number of hydrogen-bond donors (Lipinski definition) is 1.